The van der Waals surface area contributed by atoms with Crippen LogP contribution in [0.5, 0.6) is 0 Å². The largest absolute Gasteiger partial charge is 0.385 e. The molecule has 6 N–H and O–H groups in total. The van der Waals surface area contributed by atoms with Gasteiger partial charge < -0.3 is 41.3 Å². The van der Waals surface area contributed by atoms with Gasteiger partial charge in [-0.15, -0.1) is 0 Å². The van der Waals surface area contributed by atoms with Crippen LogP contribution in [-0.2, 0) is 0 Å². The van der Waals surface area contributed by atoms with Crippen molar-refractivity contribution in [3.8, 4) is 0 Å². The molecule has 1 saturated carbocycles. The van der Waals surface area contributed by atoms with Gasteiger partial charge >= 0.3 is 0 Å². The predicted molar refractivity (Wildman–Crippen MR) is 237 cm³/mol. The zero-order valence-electron chi connectivity index (χ0n) is 33.3. The monoisotopic (exact) mass is 1080 g/mol. The van der Waals surface area contributed by atoms with Crippen LogP contribution in [-0.4, -0.2) is 94.4 Å². The van der Waals surface area contributed by atoms with Gasteiger partial charge in [-0.1, -0.05) is 26.2 Å². The number of aliphatic hydroxyl groups is 2. The lowest BCUT2D eigenvalue weighted by atomic mass is 9.86. The summed E-state index contributed by atoms with van der Waals surface area (Å²) in [5.74, 6) is -7.27. The Hall–Kier alpha value is -3.70. The maximum Gasteiger partial charge on any atom is 0.256 e. The standard InChI is InChI=1S/C23H25F3IN3O2.C20H21F3IN3O2/c24-17-8-7-16(21(20(17)26)29-19-9-6-14(27)10-18(19)25)22(31)30-12-23(32,13-30)11-28-15-4-2-1-3-5-15;1-3-25-11(2)20(29)9-27(10-20)19(28)13-5-6-14(21)17(23)18(13)26-16-7-4-12(24)8-15(16)22/h6-10,15,28-29,32H,1-5,11-13H2;4-8,11,25-26,29H,3,9-10H2,1-2H3. The molecule has 7 rings (SSSR count). The van der Waals surface area contributed by atoms with Gasteiger partial charge in [-0.3, -0.25) is 9.59 Å². The Bertz CT molecular complexity index is 2260. The van der Waals surface area contributed by atoms with Gasteiger partial charge in [0.1, 0.15) is 22.8 Å². The number of carbonyl (C=O) groups is 2. The van der Waals surface area contributed by atoms with Crippen LogP contribution < -0.4 is 21.3 Å². The van der Waals surface area contributed by atoms with Crippen LogP contribution in [0.25, 0.3) is 0 Å². The summed E-state index contributed by atoms with van der Waals surface area (Å²) in [7, 11) is 0. The molecule has 4 aromatic carbocycles. The van der Waals surface area contributed by atoms with E-state index in [0.717, 1.165) is 31.0 Å². The van der Waals surface area contributed by atoms with Crippen LogP contribution in [0.4, 0.5) is 49.1 Å². The van der Waals surface area contributed by atoms with Crippen molar-refractivity contribution >= 4 is 79.7 Å². The maximum absolute atomic E-state index is 14.6. The van der Waals surface area contributed by atoms with Crippen molar-refractivity contribution < 1.29 is 46.1 Å². The van der Waals surface area contributed by atoms with E-state index < -0.39 is 69.3 Å². The van der Waals surface area contributed by atoms with Crippen molar-refractivity contribution in [2.45, 2.75) is 69.2 Å². The molecule has 328 valence electrons. The Morgan fingerprint density at radius 3 is 1.61 bits per heavy atom. The number of hydrogen-bond acceptors (Lipinski definition) is 8. The van der Waals surface area contributed by atoms with E-state index in [9.17, 15) is 46.1 Å². The number of likely N-dealkylation sites (tertiary alicyclic amines) is 2. The van der Waals surface area contributed by atoms with E-state index in [1.807, 2.05) is 59.0 Å². The van der Waals surface area contributed by atoms with Gasteiger partial charge in [0.25, 0.3) is 11.8 Å². The highest BCUT2D eigenvalue weighted by Crippen LogP contribution is 2.34. The molecule has 3 fully saturated rings. The van der Waals surface area contributed by atoms with E-state index in [1.165, 1.54) is 59.4 Å². The lowest BCUT2D eigenvalue weighted by molar-refractivity contribution is -0.1000. The molecule has 18 heteroatoms. The normalized spacial score (nSPS) is 17.4. The Morgan fingerprint density at radius 2 is 1.16 bits per heavy atom. The Kier molecular flexibility index (Phi) is 15.2. The summed E-state index contributed by atoms with van der Waals surface area (Å²) in [5, 5.41) is 32.8. The highest BCUT2D eigenvalue weighted by atomic mass is 127. The van der Waals surface area contributed by atoms with Gasteiger partial charge in [0.15, 0.2) is 23.3 Å². The fraction of sp³-hybridized carbons (Fsp3) is 0.395. The molecule has 0 aromatic heterocycles. The van der Waals surface area contributed by atoms with E-state index in [1.54, 1.807) is 12.1 Å². The van der Waals surface area contributed by atoms with Crippen LogP contribution in [0.1, 0.15) is 66.7 Å². The van der Waals surface area contributed by atoms with E-state index in [-0.39, 0.29) is 54.7 Å². The maximum atomic E-state index is 14.6. The molecule has 2 aliphatic heterocycles. The molecule has 1 atom stereocenters. The lowest BCUT2D eigenvalue weighted by Crippen LogP contribution is -2.70. The minimum atomic E-state index is -1.27. The molecule has 0 radical (unpaired) electrons. The number of halogens is 8. The number of hydrogen-bond donors (Lipinski definition) is 6. The van der Waals surface area contributed by atoms with Gasteiger partial charge in [0.2, 0.25) is 0 Å². The summed E-state index contributed by atoms with van der Waals surface area (Å²) in [6, 6.07) is 12.7. The molecule has 2 heterocycles. The van der Waals surface area contributed by atoms with Crippen LogP contribution in [0.2, 0.25) is 0 Å². The van der Waals surface area contributed by atoms with E-state index in [0.29, 0.717) is 26.3 Å². The number of likely N-dealkylation sites (N-methyl/N-ethyl adjacent to an activating group) is 1. The van der Waals surface area contributed by atoms with Crippen molar-refractivity contribution in [1.82, 2.24) is 20.4 Å². The average Bonchev–Trinajstić information content (AvgIpc) is 3.20. The number of benzene rings is 4. The molecule has 0 bridgehead atoms. The number of rotatable bonds is 12. The van der Waals surface area contributed by atoms with Gasteiger partial charge in [-0.25, -0.2) is 26.3 Å². The quantitative estimate of drug-likeness (QED) is 0.0620. The first-order valence-corrected chi connectivity index (χ1v) is 22.0. The van der Waals surface area contributed by atoms with Crippen LogP contribution >= 0.6 is 45.2 Å². The summed E-state index contributed by atoms with van der Waals surface area (Å²) >= 11 is 3.86. The zero-order valence-corrected chi connectivity index (χ0v) is 37.7. The summed E-state index contributed by atoms with van der Waals surface area (Å²) in [4.78, 5) is 28.6. The Morgan fingerprint density at radius 1 is 0.705 bits per heavy atom. The number of carbonyl (C=O) groups excluding carboxylic acids is 2. The molecular formula is C43H46F6I2N6O4. The fourth-order valence-corrected chi connectivity index (χ4v) is 8.49. The number of nitrogens with one attached hydrogen (secondary N) is 4. The van der Waals surface area contributed by atoms with Gasteiger partial charge in [0.05, 0.1) is 60.1 Å². The summed E-state index contributed by atoms with van der Waals surface area (Å²) < 4.78 is 86.5. The SMILES string of the molecule is CCNC(C)C1(O)CN(C(=O)c2ccc(F)c(F)c2Nc2ccc(I)cc2F)C1.O=C(c1ccc(F)c(F)c1Nc1ccc(I)cc1F)N1CC(O)(CNC2CCCCC2)C1. The topological polar surface area (TPSA) is 129 Å². The van der Waals surface area contributed by atoms with Crippen LogP contribution in [0, 0.1) is 42.0 Å². The third-order valence-electron chi connectivity index (χ3n) is 11.1. The van der Waals surface area contributed by atoms with Crippen LogP contribution in [0.15, 0.2) is 60.7 Å². The molecule has 2 saturated heterocycles. The second-order valence-corrected chi connectivity index (χ2v) is 18.2. The molecule has 0 spiro atoms. The first-order valence-electron chi connectivity index (χ1n) is 19.8. The van der Waals surface area contributed by atoms with E-state index in [4.69, 9.17) is 0 Å². The lowest BCUT2D eigenvalue weighted by Gasteiger charge is -2.50. The first-order chi connectivity index (χ1) is 28.9. The Labute approximate surface area is 377 Å². The third kappa shape index (κ3) is 10.9. The molecular weight excluding hydrogens is 1030 g/mol. The summed E-state index contributed by atoms with van der Waals surface area (Å²) in [6.07, 6.45) is 5.75. The minimum Gasteiger partial charge on any atom is -0.385 e. The predicted octanol–water partition coefficient (Wildman–Crippen LogP) is 8.20. The minimum absolute atomic E-state index is 0.0519. The van der Waals surface area contributed by atoms with Gasteiger partial charge in [-0.05, 0) is 132 Å². The third-order valence-corrected chi connectivity index (χ3v) is 12.5. The number of amides is 2. The molecule has 10 nitrogen and oxygen atoms in total. The number of anilines is 4. The van der Waals surface area contributed by atoms with E-state index in [2.05, 4.69) is 21.3 Å². The zero-order chi connectivity index (χ0) is 44.2. The fourth-order valence-electron chi connectivity index (χ4n) is 7.58. The highest BCUT2D eigenvalue weighted by Gasteiger charge is 2.48. The van der Waals surface area contributed by atoms with Crippen molar-refractivity contribution in [3.63, 3.8) is 0 Å². The van der Waals surface area contributed by atoms with Crippen molar-refractivity contribution in [2.75, 3.05) is 49.9 Å². The second-order valence-electron chi connectivity index (χ2n) is 15.7. The molecule has 4 aromatic rings. The molecule has 2 amide bonds. The molecule has 1 aliphatic carbocycles. The Balaban J connectivity index is 0.000000205. The molecule has 3 aliphatic rings. The second kappa shape index (κ2) is 19.8. The molecule has 61 heavy (non-hydrogen) atoms. The highest BCUT2D eigenvalue weighted by molar-refractivity contribution is 14.1. The van der Waals surface area contributed by atoms with Crippen LogP contribution in [0.3, 0.4) is 0 Å². The number of β-amino-alcohol motifs (C(OH)–C–C–N with tert-alkyl or cyclic N) is 2. The van der Waals surface area contributed by atoms with Gasteiger partial charge in [0, 0.05) is 25.8 Å². The average molecular weight is 1080 g/mol. The first kappa shape index (κ1) is 46.8. The number of nitrogens with zero attached hydrogens (tertiary/aromatic N) is 2. The molecule has 1 unspecified atom stereocenters. The van der Waals surface area contributed by atoms with Crippen molar-refractivity contribution in [3.05, 3.63) is 114 Å². The summed E-state index contributed by atoms with van der Waals surface area (Å²) in [5.41, 5.74) is -3.42. The van der Waals surface area contributed by atoms with Crippen molar-refractivity contribution in [1.29, 1.82) is 0 Å². The smallest absolute Gasteiger partial charge is 0.256 e. The van der Waals surface area contributed by atoms with E-state index >= 15 is 0 Å². The van der Waals surface area contributed by atoms with Crippen molar-refractivity contribution in [2.24, 2.45) is 0 Å². The van der Waals surface area contributed by atoms with Gasteiger partial charge in [-0.2, -0.15) is 0 Å². The summed E-state index contributed by atoms with van der Waals surface area (Å²) in [6.45, 7) is 5.03.